The van der Waals surface area contributed by atoms with Gasteiger partial charge in [0.25, 0.3) is 0 Å². The Balaban J connectivity index is 2.21. The predicted molar refractivity (Wildman–Crippen MR) is 73.9 cm³/mol. The van der Waals surface area contributed by atoms with Crippen LogP contribution < -0.4 is 4.74 Å². The Morgan fingerprint density at radius 3 is 2.68 bits per heavy atom. The van der Waals surface area contributed by atoms with Gasteiger partial charge in [0.15, 0.2) is 0 Å². The molecule has 0 radical (unpaired) electrons. The molecule has 1 aromatic rings. The van der Waals surface area contributed by atoms with Gasteiger partial charge < -0.3 is 4.74 Å². The fourth-order valence-corrected chi connectivity index (χ4v) is 1.87. The molecule has 1 amide bonds. The van der Waals surface area contributed by atoms with Crippen LogP contribution in [0, 0.1) is 11.8 Å². The quantitative estimate of drug-likeness (QED) is 0.777. The van der Waals surface area contributed by atoms with Gasteiger partial charge in [-0.2, -0.15) is 5.10 Å². The number of hydrogen-bond donors (Lipinski definition) is 0. The lowest BCUT2D eigenvalue weighted by atomic mass is 10.0. The van der Waals surface area contributed by atoms with Crippen LogP contribution in [-0.4, -0.2) is 30.3 Å². The molecule has 0 saturated carbocycles. The molecule has 1 aliphatic heterocycles. The lowest BCUT2D eigenvalue weighted by Gasteiger charge is -2.21. The van der Waals surface area contributed by atoms with Crippen molar-refractivity contribution in [3.05, 3.63) is 29.8 Å². The van der Waals surface area contributed by atoms with E-state index >= 15 is 0 Å². The van der Waals surface area contributed by atoms with Crippen LogP contribution in [0.1, 0.15) is 25.3 Å². The summed E-state index contributed by atoms with van der Waals surface area (Å²) in [5.74, 6) is 6.48. The van der Waals surface area contributed by atoms with Crippen LogP contribution >= 0.6 is 0 Å². The molecule has 19 heavy (non-hydrogen) atoms. The SMILES string of the molecule is CC#CCN1N=C(c2ccc(OC)cc2)CCC1=O. The van der Waals surface area contributed by atoms with Gasteiger partial charge in [-0.25, -0.2) is 5.01 Å². The number of carbonyl (C=O) groups is 1. The first-order chi connectivity index (χ1) is 9.24. The van der Waals surface area contributed by atoms with Gasteiger partial charge in [-0.05, 0) is 36.8 Å². The van der Waals surface area contributed by atoms with E-state index < -0.39 is 0 Å². The summed E-state index contributed by atoms with van der Waals surface area (Å²) in [6.45, 7) is 2.11. The number of methoxy groups -OCH3 is 1. The molecule has 1 heterocycles. The maximum atomic E-state index is 11.7. The number of ether oxygens (including phenoxy) is 1. The van der Waals surface area contributed by atoms with Crippen LogP contribution in [-0.2, 0) is 4.79 Å². The van der Waals surface area contributed by atoms with Crippen LogP contribution in [0.3, 0.4) is 0 Å². The van der Waals surface area contributed by atoms with Crippen molar-refractivity contribution < 1.29 is 9.53 Å². The third-order valence-corrected chi connectivity index (χ3v) is 2.93. The van der Waals surface area contributed by atoms with E-state index in [0.29, 0.717) is 19.4 Å². The van der Waals surface area contributed by atoms with E-state index in [0.717, 1.165) is 17.0 Å². The second-order valence-electron chi connectivity index (χ2n) is 4.15. The molecule has 0 saturated heterocycles. The van der Waals surface area contributed by atoms with Crippen LogP contribution in [0.4, 0.5) is 0 Å². The Bertz CT molecular complexity index is 550. The molecular weight excluding hydrogens is 240 g/mol. The van der Waals surface area contributed by atoms with Crippen molar-refractivity contribution in [1.29, 1.82) is 0 Å². The Kier molecular flexibility index (Phi) is 4.19. The molecule has 98 valence electrons. The molecule has 0 aliphatic carbocycles. The van der Waals surface area contributed by atoms with Gasteiger partial charge in [0.05, 0.1) is 12.8 Å². The summed E-state index contributed by atoms with van der Waals surface area (Å²) in [5.41, 5.74) is 1.93. The highest BCUT2D eigenvalue weighted by atomic mass is 16.5. The van der Waals surface area contributed by atoms with Gasteiger partial charge >= 0.3 is 0 Å². The van der Waals surface area contributed by atoms with Crippen molar-refractivity contribution in [1.82, 2.24) is 5.01 Å². The number of hydrazone groups is 1. The van der Waals surface area contributed by atoms with Crippen molar-refractivity contribution in [3.8, 4) is 17.6 Å². The zero-order chi connectivity index (χ0) is 13.7. The first-order valence-electron chi connectivity index (χ1n) is 6.16. The minimum atomic E-state index is 0.0278. The minimum Gasteiger partial charge on any atom is -0.497 e. The monoisotopic (exact) mass is 256 g/mol. The topological polar surface area (TPSA) is 41.9 Å². The van der Waals surface area contributed by atoms with Gasteiger partial charge in [0.2, 0.25) is 5.91 Å². The van der Waals surface area contributed by atoms with E-state index in [2.05, 4.69) is 16.9 Å². The highest BCUT2D eigenvalue weighted by Gasteiger charge is 2.20. The highest BCUT2D eigenvalue weighted by Crippen LogP contribution is 2.17. The summed E-state index contributed by atoms with van der Waals surface area (Å²) in [6.07, 6.45) is 1.15. The molecule has 4 heteroatoms. The Morgan fingerprint density at radius 2 is 2.05 bits per heavy atom. The van der Waals surface area contributed by atoms with Crippen LogP contribution in [0.5, 0.6) is 5.75 Å². The summed E-state index contributed by atoms with van der Waals surface area (Å²) in [5, 5.41) is 5.83. The van der Waals surface area contributed by atoms with Crippen LogP contribution in [0.25, 0.3) is 0 Å². The van der Waals surface area contributed by atoms with Crippen LogP contribution in [0.2, 0.25) is 0 Å². The number of amides is 1. The lowest BCUT2D eigenvalue weighted by molar-refractivity contribution is -0.131. The lowest BCUT2D eigenvalue weighted by Crippen LogP contribution is -2.32. The Morgan fingerprint density at radius 1 is 1.32 bits per heavy atom. The number of carbonyl (C=O) groups excluding carboxylic acids is 1. The molecule has 0 spiro atoms. The Labute approximate surface area is 113 Å². The smallest absolute Gasteiger partial charge is 0.243 e. The number of hydrogen-bond acceptors (Lipinski definition) is 3. The zero-order valence-corrected chi connectivity index (χ0v) is 11.1. The number of nitrogens with zero attached hydrogens (tertiary/aromatic N) is 2. The van der Waals surface area contributed by atoms with E-state index in [1.165, 1.54) is 5.01 Å². The predicted octanol–water partition coefficient (Wildman–Crippen LogP) is 2.04. The second kappa shape index (κ2) is 6.05. The minimum absolute atomic E-state index is 0.0278. The number of benzene rings is 1. The van der Waals surface area contributed by atoms with E-state index in [9.17, 15) is 4.79 Å². The third kappa shape index (κ3) is 3.14. The molecule has 4 nitrogen and oxygen atoms in total. The molecule has 1 aromatic carbocycles. The van der Waals surface area contributed by atoms with Crippen molar-refractivity contribution in [2.45, 2.75) is 19.8 Å². The molecule has 0 N–H and O–H groups in total. The standard InChI is InChI=1S/C15H16N2O2/c1-3-4-11-17-15(18)10-9-14(16-17)12-5-7-13(19-2)8-6-12/h5-8H,9-11H2,1-2H3. The maximum absolute atomic E-state index is 11.7. The summed E-state index contributed by atoms with van der Waals surface area (Å²) in [6, 6.07) is 7.70. The zero-order valence-electron chi connectivity index (χ0n) is 11.1. The largest absolute Gasteiger partial charge is 0.497 e. The second-order valence-corrected chi connectivity index (χ2v) is 4.15. The molecule has 0 fully saturated rings. The summed E-state index contributed by atoms with van der Waals surface area (Å²) in [4.78, 5) is 11.7. The normalized spacial score (nSPS) is 14.5. The van der Waals surface area contributed by atoms with E-state index in [4.69, 9.17) is 4.74 Å². The molecule has 0 atom stereocenters. The average Bonchev–Trinajstić information content (AvgIpc) is 2.46. The van der Waals surface area contributed by atoms with Crippen molar-refractivity contribution in [2.75, 3.05) is 13.7 Å². The highest BCUT2D eigenvalue weighted by molar-refractivity contribution is 6.04. The molecule has 0 aromatic heterocycles. The first kappa shape index (κ1) is 13.2. The average molecular weight is 256 g/mol. The summed E-state index contributed by atoms with van der Waals surface area (Å²) >= 11 is 0. The molecular formula is C15H16N2O2. The molecule has 2 rings (SSSR count). The third-order valence-electron chi connectivity index (χ3n) is 2.93. The fraction of sp³-hybridized carbons (Fsp3) is 0.333. The summed E-state index contributed by atoms with van der Waals surface area (Å²) in [7, 11) is 1.64. The van der Waals surface area contributed by atoms with Gasteiger partial charge in [-0.15, -0.1) is 5.92 Å². The molecule has 0 unspecified atom stereocenters. The van der Waals surface area contributed by atoms with Gasteiger partial charge in [-0.3, -0.25) is 4.79 Å². The fourth-order valence-electron chi connectivity index (χ4n) is 1.87. The van der Waals surface area contributed by atoms with Crippen molar-refractivity contribution >= 4 is 11.6 Å². The summed E-state index contributed by atoms with van der Waals surface area (Å²) < 4.78 is 5.13. The first-order valence-corrected chi connectivity index (χ1v) is 6.16. The number of rotatable bonds is 3. The Hall–Kier alpha value is -2.28. The maximum Gasteiger partial charge on any atom is 0.243 e. The van der Waals surface area contributed by atoms with Gasteiger partial charge in [0.1, 0.15) is 12.3 Å². The van der Waals surface area contributed by atoms with Crippen molar-refractivity contribution in [3.63, 3.8) is 0 Å². The molecule has 1 aliphatic rings. The van der Waals surface area contributed by atoms with Gasteiger partial charge in [-0.1, -0.05) is 5.92 Å². The van der Waals surface area contributed by atoms with Gasteiger partial charge in [0, 0.05) is 12.8 Å². The molecule has 0 bridgehead atoms. The van der Waals surface area contributed by atoms with Crippen molar-refractivity contribution in [2.24, 2.45) is 5.10 Å². The van der Waals surface area contributed by atoms with E-state index in [1.54, 1.807) is 14.0 Å². The van der Waals surface area contributed by atoms with E-state index in [1.807, 2.05) is 24.3 Å². The van der Waals surface area contributed by atoms with E-state index in [-0.39, 0.29) is 5.91 Å². The van der Waals surface area contributed by atoms with Crippen LogP contribution in [0.15, 0.2) is 29.4 Å².